The standard InChI is InChI=1S/C26H33Cl2N3O4S/c1-19(26(33)29-23-11-3-4-12-23)30(18-20-8-5-9-21(27)16-20)25(32)14-7-15-31(36(2,34)35)24-13-6-10-22(28)17-24/h5-6,8-10,13,16-17,19,23H,3-4,7,11-12,14-15,18H2,1-2H3,(H,29,33)/t19-/m0/s1. The Bertz CT molecular complexity index is 1170. The summed E-state index contributed by atoms with van der Waals surface area (Å²) in [6.45, 7) is 2.06. The monoisotopic (exact) mass is 553 g/mol. The van der Waals surface area contributed by atoms with Crippen LogP contribution in [0.5, 0.6) is 0 Å². The molecule has 0 heterocycles. The number of anilines is 1. The number of nitrogens with zero attached hydrogens (tertiary/aromatic N) is 2. The smallest absolute Gasteiger partial charge is 0.242 e. The summed E-state index contributed by atoms with van der Waals surface area (Å²) in [5, 5.41) is 4.05. The van der Waals surface area contributed by atoms with Crippen LogP contribution in [0.4, 0.5) is 5.69 Å². The summed E-state index contributed by atoms with van der Waals surface area (Å²) in [7, 11) is -3.58. The minimum absolute atomic E-state index is 0.0776. The number of carbonyl (C=O) groups excluding carboxylic acids is 2. The van der Waals surface area contributed by atoms with Gasteiger partial charge in [0.25, 0.3) is 0 Å². The molecule has 1 aliphatic rings. The lowest BCUT2D eigenvalue weighted by molar-refractivity contribution is -0.141. The van der Waals surface area contributed by atoms with Crippen molar-refractivity contribution in [3.05, 3.63) is 64.1 Å². The Morgan fingerprint density at radius 2 is 1.69 bits per heavy atom. The number of hydrogen-bond donors (Lipinski definition) is 1. The topological polar surface area (TPSA) is 86.8 Å². The molecule has 196 valence electrons. The Labute approximate surface area is 223 Å². The van der Waals surface area contributed by atoms with Crippen LogP contribution in [0.25, 0.3) is 0 Å². The van der Waals surface area contributed by atoms with Gasteiger partial charge in [-0.25, -0.2) is 8.42 Å². The van der Waals surface area contributed by atoms with Crippen LogP contribution in [-0.2, 0) is 26.2 Å². The summed E-state index contributed by atoms with van der Waals surface area (Å²) < 4.78 is 26.1. The van der Waals surface area contributed by atoms with Crippen LogP contribution in [-0.4, -0.2) is 50.0 Å². The van der Waals surface area contributed by atoms with Crippen molar-refractivity contribution >= 4 is 50.7 Å². The maximum absolute atomic E-state index is 13.4. The lowest BCUT2D eigenvalue weighted by Gasteiger charge is -2.30. The lowest BCUT2D eigenvalue weighted by Crippen LogP contribution is -2.49. The number of benzene rings is 2. The zero-order valence-electron chi connectivity index (χ0n) is 20.6. The van der Waals surface area contributed by atoms with E-state index in [1.54, 1.807) is 54.3 Å². The van der Waals surface area contributed by atoms with Gasteiger partial charge in [0, 0.05) is 35.6 Å². The lowest BCUT2D eigenvalue weighted by atomic mass is 10.1. The van der Waals surface area contributed by atoms with Crippen LogP contribution >= 0.6 is 23.2 Å². The third-order valence-corrected chi connectivity index (χ3v) is 8.02. The molecule has 3 rings (SSSR count). The van der Waals surface area contributed by atoms with E-state index in [1.165, 1.54) is 4.31 Å². The highest BCUT2D eigenvalue weighted by molar-refractivity contribution is 7.92. The van der Waals surface area contributed by atoms with Crippen molar-refractivity contribution in [3.8, 4) is 0 Å². The van der Waals surface area contributed by atoms with Crippen molar-refractivity contribution in [1.29, 1.82) is 0 Å². The van der Waals surface area contributed by atoms with Crippen molar-refractivity contribution < 1.29 is 18.0 Å². The van der Waals surface area contributed by atoms with E-state index in [2.05, 4.69) is 5.32 Å². The zero-order chi connectivity index (χ0) is 26.3. The number of rotatable bonds is 11. The number of amides is 2. The van der Waals surface area contributed by atoms with Gasteiger partial charge in [-0.1, -0.05) is 54.2 Å². The number of nitrogens with one attached hydrogen (secondary N) is 1. The van der Waals surface area contributed by atoms with Gasteiger partial charge in [-0.3, -0.25) is 13.9 Å². The van der Waals surface area contributed by atoms with Gasteiger partial charge >= 0.3 is 0 Å². The Hall–Kier alpha value is -2.29. The molecule has 2 aromatic rings. The van der Waals surface area contributed by atoms with Crippen LogP contribution in [0.1, 0.15) is 51.0 Å². The third kappa shape index (κ3) is 8.11. The Balaban J connectivity index is 1.72. The predicted molar refractivity (Wildman–Crippen MR) is 145 cm³/mol. The summed E-state index contributed by atoms with van der Waals surface area (Å²) in [5.74, 6) is -0.419. The van der Waals surface area contributed by atoms with Crippen LogP contribution in [0.15, 0.2) is 48.5 Å². The van der Waals surface area contributed by atoms with Gasteiger partial charge in [-0.05, 0) is 62.1 Å². The van der Waals surface area contributed by atoms with Crippen molar-refractivity contribution in [3.63, 3.8) is 0 Å². The minimum Gasteiger partial charge on any atom is -0.352 e. The second-order valence-corrected chi connectivity index (χ2v) is 12.0. The SMILES string of the molecule is C[C@@H](C(=O)NC1CCCC1)N(Cc1cccc(Cl)c1)C(=O)CCCN(c1cccc(Cl)c1)S(C)(=O)=O. The van der Waals surface area contributed by atoms with Gasteiger partial charge in [-0.2, -0.15) is 0 Å². The van der Waals surface area contributed by atoms with Gasteiger partial charge in [0.05, 0.1) is 11.9 Å². The molecule has 2 amide bonds. The summed E-state index contributed by atoms with van der Waals surface area (Å²) in [6, 6.07) is 13.2. The highest BCUT2D eigenvalue weighted by Gasteiger charge is 2.28. The molecule has 1 saturated carbocycles. The van der Waals surface area contributed by atoms with E-state index in [4.69, 9.17) is 23.2 Å². The molecular weight excluding hydrogens is 521 g/mol. The van der Waals surface area contributed by atoms with E-state index in [0.29, 0.717) is 15.7 Å². The molecule has 0 aliphatic heterocycles. The van der Waals surface area contributed by atoms with Crippen LogP contribution < -0.4 is 9.62 Å². The van der Waals surface area contributed by atoms with Gasteiger partial charge in [0.15, 0.2) is 0 Å². The first-order valence-electron chi connectivity index (χ1n) is 12.1. The molecule has 1 N–H and O–H groups in total. The summed E-state index contributed by atoms with van der Waals surface area (Å²) in [6.07, 6.45) is 5.56. The Morgan fingerprint density at radius 1 is 1.06 bits per heavy atom. The average molecular weight is 555 g/mol. The highest BCUT2D eigenvalue weighted by atomic mass is 35.5. The van der Waals surface area contributed by atoms with Crippen LogP contribution in [0.3, 0.4) is 0 Å². The molecule has 7 nitrogen and oxygen atoms in total. The molecule has 36 heavy (non-hydrogen) atoms. The van der Waals surface area contributed by atoms with E-state index >= 15 is 0 Å². The van der Waals surface area contributed by atoms with Gasteiger partial charge in [0.2, 0.25) is 21.8 Å². The van der Waals surface area contributed by atoms with E-state index in [0.717, 1.165) is 37.5 Å². The second-order valence-electron chi connectivity index (χ2n) is 9.24. The van der Waals surface area contributed by atoms with Gasteiger partial charge in [-0.15, -0.1) is 0 Å². The molecule has 0 bridgehead atoms. The molecule has 1 atom stereocenters. The third-order valence-electron chi connectivity index (χ3n) is 6.36. The fourth-order valence-corrected chi connectivity index (χ4v) is 5.80. The number of hydrogen-bond acceptors (Lipinski definition) is 4. The summed E-state index contributed by atoms with van der Waals surface area (Å²) in [4.78, 5) is 27.9. The fourth-order valence-electron chi connectivity index (χ4n) is 4.44. The van der Waals surface area contributed by atoms with Gasteiger partial charge in [0.1, 0.15) is 6.04 Å². The van der Waals surface area contributed by atoms with E-state index < -0.39 is 16.1 Å². The highest BCUT2D eigenvalue weighted by Crippen LogP contribution is 2.23. The van der Waals surface area contributed by atoms with Crippen molar-refractivity contribution in [2.45, 2.75) is 64.1 Å². The normalized spacial score (nSPS) is 14.9. The number of sulfonamides is 1. The number of carbonyl (C=O) groups is 2. The molecular formula is C26H33Cl2N3O4S. The largest absolute Gasteiger partial charge is 0.352 e. The first-order chi connectivity index (χ1) is 17.0. The Kier molecular flexibility index (Phi) is 10.0. The molecule has 1 fully saturated rings. The average Bonchev–Trinajstić information content (AvgIpc) is 3.32. The second kappa shape index (κ2) is 12.8. The predicted octanol–water partition coefficient (Wildman–Crippen LogP) is 5.02. The Morgan fingerprint density at radius 3 is 2.31 bits per heavy atom. The van der Waals surface area contributed by atoms with Crippen molar-refractivity contribution in [2.75, 3.05) is 17.1 Å². The molecule has 0 radical (unpaired) electrons. The summed E-state index contributed by atoms with van der Waals surface area (Å²) in [5.41, 5.74) is 1.26. The molecule has 0 spiro atoms. The molecule has 1 aliphatic carbocycles. The first-order valence-corrected chi connectivity index (χ1v) is 14.7. The van der Waals surface area contributed by atoms with E-state index in [1.807, 2.05) is 6.07 Å². The van der Waals surface area contributed by atoms with Crippen LogP contribution in [0, 0.1) is 0 Å². The van der Waals surface area contributed by atoms with Gasteiger partial charge < -0.3 is 10.2 Å². The van der Waals surface area contributed by atoms with Crippen molar-refractivity contribution in [1.82, 2.24) is 10.2 Å². The molecule has 10 heteroatoms. The quantitative estimate of drug-likeness (QED) is 0.423. The number of halogens is 2. The van der Waals surface area contributed by atoms with Crippen molar-refractivity contribution in [2.24, 2.45) is 0 Å². The maximum atomic E-state index is 13.4. The first kappa shape index (κ1) is 28.3. The molecule has 0 unspecified atom stereocenters. The van der Waals surface area contributed by atoms with Crippen LogP contribution in [0.2, 0.25) is 10.0 Å². The molecule has 2 aromatic carbocycles. The summed E-state index contributed by atoms with van der Waals surface area (Å²) >= 11 is 12.2. The van der Waals surface area contributed by atoms with E-state index in [9.17, 15) is 18.0 Å². The van der Waals surface area contributed by atoms with E-state index in [-0.39, 0.29) is 43.8 Å². The minimum atomic E-state index is -3.58. The molecule has 0 saturated heterocycles. The zero-order valence-corrected chi connectivity index (χ0v) is 23.0. The molecule has 0 aromatic heterocycles. The fraction of sp³-hybridized carbons (Fsp3) is 0.462. The maximum Gasteiger partial charge on any atom is 0.242 e.